The highest BCUT2D eigenvalue weighted by Gasteiger charge is 2.33. The molecule has 0 unspecified atom stereocenters. The van der Waals surface area contributed by atoms with Crippen molar-refractivity contribution in [3.63, 3.8) is 0 Å². The predicted octanol–water partition coefficient (Wildman–Crippen LogP) is 3.77. The Hall–Kier alpha value is -1.74. The number of alkyl halides is 3. The molecule has 124 valence electrons. The normalized spacial score (nSPS) is 11.5. The van der Waals surface area contributed by atoms with Gasteiger partial charge < -0.3 is 5.32 Å². The van der Waals surface area contributed by atoms with Crippen molar-refractivity contribution in [3.05, 3.63) is 34.6 Å². The average molecular weight is 365 g/mol. The standard InChI is InChI=1S/C13H12ClF3N4OS/c1-2-10-19-12(21-20-10)23-6-11(22)18-7-3-4-9(14)8(5-7)13(15,16)17/h3-5H,2,6H2,1H3,(H,18,22)(H,19,20,21). The summed E-state index contributed by atoms with van der Waals surface area (Å²) in [5.41, 5.74) is -0.970. The minimum atomic E-state index is -4.58. The summed E-state index contributed by atoms with van der Waals surface area (Å²) in [6.45, 7) is 1.90. The van der Waals surface area contributed by atoms with Crippen molar-refractivity contribution in [2.45, 2.75) is 24.7 Å². The van der Waals surface area contributed by atoms with E-state index in [1.807, 2.05) is 6.92 Å². The van der Waals surface area contributed by atoms with Gasteiger partial charge in [0.15, 0.2) is 0 Å². The Morgan fingerprint density at radius 1 is 1.43 bits per heavy atom. The average Bonchev–Trinajstić information content (AvgIpc) is 2.94. The largest absolute Gasteiger partial charge is 0.417 e. The molecular weight excluding hydrogens is 353 g/mol. The molecule has 0 saturated carbocycles. The highest BCUT2D eigenvalue weighted by atomic mass is 35.5. The lowest BCUT2D eigenvalue weighted by atomic mass is 10.2. The fourth-order valence-electron chi connectivity index (χ4n) is 1.65. The number of thioether (sulfide) groups is 1. The summed E-state index contributed by atoms with van der Waals surface area (Å²) in [5, 5.41) is 8.99. The highest BCUT2D eigenvalue weighted by molar-refractivity contribution is 7.99. The Labute approximate surface area is 139 Å². The maximum atomic E-state index is 12.8. The minimum Gasteiger partial charge on any atom is -0.325 e. The zero-order valence-electron chi connectivity index (χ0n) is 11.9. The zero-order chi connectivity index (χ0) is 17.0. The van der Waals surface area contributed by atoms with E-state index in [0.717, 1.165) is 23.9 Å². The SMILES string of the molecule is CCc1nc(SCC(=O)Nc2ccc(Cl)c(C(F)(F)F)c2)n[nH]1. The summed E-state index contributed by atoms with van der Waals surface area (Å²) < 4.78 is 38.3. The molecule has 2 N–H and O–H groups in total. The van der Waals surface area contributed by atoms with Gasteiger partial charge in [0.2, 0.25) is 11.1 Å². The number of benzene rings is 1. The Kier molecular flexibility index (Phi) is 5.53. The molecule has 0 fully saturated rings. The van der Waals surface area contributed by atoms with Gasteiger partial charge >= 0.3 is 6.18 Å². The summed E-state index contributed by atoms with van der Waals surface area (Å²) >= 11 is 6.60. The number of amides is 1. The van der Waals surface area contributed by atoms with E-state index in [9.17, 15) is 18.0 Å². The third kappa shape index (κ3) is 4.87. The fourth-order valence-corrected chi connectivity index (χ4v) is 2.49. The van der Waals surface area contributed by atoms with Crippen LogP contribution in [0.5, 0.6) is 0 Å². The van der Waals surface area contributed by atoms with Gasteiger partial charge in [-0.05, 0) is 18.2 Å². The number of carbonyl (C=O) groups excluding carboxylic acids is 1. The Morgan fingerprint density at radius 3 is 2.78 bits per heavy atom. The van der Waals surface area contributed by atoms with E-state index in [-0.39, 0.29) is 11.4 Å². The van der Waals surface area contributed by atoms with Gasteiger partial charge in [-0.2, -0.15) is 13.2 Å². The monoisotopic (exact) mass is 364 g/mol. The lowest BCUT2D eigenvalue weighted by Crippen LogP contribution is -2.15. The van der Waals surface area contributed by atoms with Crippen LogP contribution in [0.3, 0.4) is 0 Å². The Bertz CT molecular complexity index is 705. The van der Waals surface area contributed by atoms with Crippen LogP contribution < -0.4 is 5.32 Å². The first kappa shape index (κ1) is 17.6. The molecule has 1 aromatic carbocycles. The third-order valence-electron chi connectivity index (χ3n) is 2.73. The number of hydrogen-bond acceptors (Lipinski definition) is 4. The van der Waals surface area contributed by atoms with Crippen molar-refractivity contribution in [3.8, 4) is 0 Å². The Morgan fingerprint density at radius 2 is 2.17 bits per heavy atom. The number of anilines is 1. The summed E-state index contributed by atoms with van der Waals surface area (Å²) in [6.07, 6.45) is -3.90. The molecule has 23 heavy (non-hydrogen) atoms. The number of rotatable bonds is 5. The summed E-state index contributed by atoms with van der Waals surface area (Å²) in [6, 6.07) is 3.20. The van der Waals surface area contributed by atoms with Crippen LogP contribution in [0, 0.1) is 0 Å². The van der Waals surface area contributed by atoms with E-state index < -0.39 is 22.7 Å². The quantitative estimate of drug-likeness (QED) is 0.792. The van der Waals surface area contributed by atoms with Gasteiger partial charge in [0, 0.05) is 12.1 Å². The maximum Gasteiger partial charge on any atom is 0.417 e. The molecular formula is C13H12ClF3N4OS. The molecule has 0 saturated heterocycles. The first-order valence-electron chi connectivity index (χ1n) is 6.50. The summed E-state index contributed by atoms with van der Waals surface area (Å²) in [7, 11) is 0. The second-order valence-corrected chi connectivity index (χ2v) is 5.80. The van der Waals surface area contributed by atoms with Gasteiger partial charge in [-0.15, -0.1) is 5.10 Å². The van der Waals surface area contributed by atoms with Crippen LogP contribution in [0.4, 0.5) is 18.9 Å². The molecule has 0 aliphatic carbocycles. The van der Waals surface area contributed by atoms with Crippen LogP contribution in [0.15, 0.2) is 23.4 Å². The number of aromatic amines is 1. The molecule has 0 aliphatic heterocycles. The number of halogens is 4. The highest BCUT2D eigenvalue weighted by Crippen LogP contribution is 2.36. The molecule has 0 bridgehead atoms. The van der Waals surface area contributed by atoms with E-state index in [1.54, 1.807) is 0 Å². The summed E-state index contributed by atoms with van der Waals surface area (Å²) in [4.78, 5) is 15.9. The first-order chi connectivity index (χ1) is 10.8. The van der Waals surface area contributed by atoms with Crippen LogP contribution in [0.2, 0.25) is 5.02 Å². The van der Waals surface area contributed by atoms with Crippen LogP contribution in [0.1, 0.15) is 18.3 Å². The molecule has 1 heterocycles. The minimum absolute atomic E-state index is 0.0228. The Balaban J connectivity index is 1.97. The van der Waals surface area contributed by atoms with Crippen LogP contribution >= 0.6 is 23.4 Å². The van der Waals surface area contributed by atoms with Crippen molar-refractivity contribution in [1.82, 2.24) is 15.2 Å². The summed E-state index contributed by atoms with van der Waals surface area (Å²) in [5.74, 6) is 0.207. The van der Waals surface area contributed by atoms with Crippen LogP contribution in [-0.2, 0) is 17.4 Å². The van der Waals surface area contributed by atoms with Gasteiger partial charge in [0.05, 0.1) is 16.3 Å². The number of nitrogens with zero attached hydrogens (tertiary/aromatic N) is 2. The van der Waals surface area contributed by atoms with Crippen molar-refractivity contribution in [2.75, 3.05) is 11.1 Å². The van der Waals surface area contributed by atoms with Gasteiger partial charge in [0.1, 0.15) is 5.82 Å². The topological polar surface area (TPSA) is 70.7 Å². The zero-order valence-corrected chi connectivity index (χ0v) is 13.4. The van der Waals surface area contributed by atoms with Crippen molar-refractivity contribution in [2.24, 2.45) is 0 Å². The number of H-pyrrole nitrogens is 1. The predicted molar refractivity (Wildman–Crippen MR) is 81.6 cm³/mol. The number of nitrogens with one attached hydrogen (secondary N) is 2. The van der Waals surface area contributed by atoms with E-state index in [1.165, 1.54) is 6.07 Å². The lowest BCUT2D eigenvalue weighted by Gasteiger charge is -2.11. The van der Waals surface area contributed by atoms with Crippen LogP contribution in [0.25, 0.3) is 0 Å². The molecule has 0 aliphatic rings. The smallest absolute Gasteiger partial charge is 0.325 e. The molecule has 0 atom stereocenters. The lowest BCUT2D eigenvalue weighted by molar-refractivity contribution is -0.137. The number of aromatic nitrogens is 3. The number of aryl methyl sites for hydroxylation is 1. The van der Waals surface area contributed by atoms with Gasteiger partial charge in [-0.3, -0.25) is 9.89 Å². The van der Waals surface area contributed by atoms with Gasteiger partial charge in [-0.25, -0.2) is 4.98 Å². The molecule has 1 amide bonds. The van der Waals surface area contributed by atoms with Gasteiger partial charge in [-0.1, -0.05) is 30.3 Å². The second kappa shape index (κ2) is 7.22. The van der Waals surface area contributed by atoms with E-state index in [0.29, 0.717) is 17.4 Å². The van der Waals surface area contributed by atoms with Crippen molar-refractivity contribution < 1.29 is 18.0 Å². The van der Waals surface area contributed by atoms with Gasteiger partial charge in [0.25, 0.3) is 0 Å². The van der Waals surface area contributed by atoms with E-state index in [4.69, 9.17) is 11.6 Å². The number of carbonyl (C=O) groups is 1. The molecule has 2 aromatic rings. The first-order valence-corrected chi connectivity index (χ1v) is 7.86. The molecule has 10 heteroatoms. The second-order valence-electron chi connectivity index (χ2n) is 4.45. The van der Waals surface area contributed by atoms with Crippen molar-refractivity contribution in [1.29, 1.82) is 0 Å². The molecule has 2 rings (SSSR count). The third-order valence-corrected chi connectivity index (χ3v) is 3.91. The van der Waals surface area contributed by atoms with Crippen molar-refractivity contribution >= 4 is 35.0 Å². The number of hydrogen-bond donors (Lipinski definition) is 2. The molecule has 5 nitrogen and oxygen atoms in total. The fraction of sp³-hybridized carbons (Fsp3) is 0.308. The molecule has 0 spiro atoms. The molecule has 1 aromatic heterocycles. The van der Waals surface area contributed by atoms with E-state index in [2.05, 4.69) is 20.5 Å². The van der Waals surface area contributed by atoms with E-state index >= 15 is 0 Å². The maximum absolute atomic E-state index is 12.8. The van der Waals surface area contributed by atoms with Crippen LogP contribution in [-0.4, -0.2) is 26.8 Å². The molecule has 0 radical (unpaired) electrons.